The molecule has 38 heavy (non-hydrogen) atoms. The van der Waals surface area contributed by atoms with Gasteiger partial charge in [-0.1, -0.05) is 0 Å². The van der Waals surface area contributed by atoms with E-state index in [0.29, 0.717) is 45.8 Å². The lowest BCUT2D eigenvalue weighted by molar-refractivity contribution is -0.134. The third-order valence-corrected chi connectivity index (χ3v) is 8.36. The SMILES string of the molecule is C[C@]12O[C@](CCOc3ccc4c(c3)OCO4)(C[C@@H]1O)[C@H]1C(=O)N(c3ccc(C#N)c4ncccc34)C(=O)[C@H]12. The summed E-state index contributed by atoms with van der Waals surface area (Å²) >= 11 is 0. The first-order chi connectivity index (χ1) is 18.4. The smallest absolute Gasteiger partial charge is 0.240 e. The van der Waals surface area contributed by atoms with Crippen molar-refractivity contribution in [3.8, 4) is 23.3 Å². The maximum atomic E-state index is 14.0. The van der Waals surface area contributed by atoms with E-state index in [9.17, 15) is 20.0 Å². The number of aliphatic hydroxyl groups excluding tert-OH is 1. The monoisotopic (exact) mass is 513 g/mol. The largest absolute Gasteiger partial charge is 0.493 e. The van der Waals surface area contributed by atoms with Gasteiger partial charge in [-0.2, -0.15) is 5.26 Å². The predicted molar refractivity (Wildman–Crippen MR) is 131 cm³/mol. The highest BCUT2D eigenvalue weighted by atomic mass is 16.7. The number of ether oxygens (including phenoxy) is 4. The fourth-order valence-corrected chi connectivity index (χ4v) is 6.61. The number of hydrogen-bond donors (Lipinski definition) is 1. The Bertz CT molecular complexity index is 1570. The molecule has 3 aromatic rings. The fourth-order valence-electron chi connectivity index (χ4n) is 6.61. The molecule has 7 rings (SSSR count). The van der Waals surface area contributed by atoms with Crippen LogP contribution in [0.3, 0.4) is 0 Å². The Morgan fingerprint density at radius 3 is 2.82 bits per heavy atom. The minimum absolute atomic E-state index is 0.159. The van der Waals surface area contributed by atoms with E-state index in [1.807, 2.05) is 0 Å². The molecule has 10 nitrogen and oxygen atoms in total. The van der Waals surface area contributed by atoms with Gasteiger partial charge >= 0.3 is 0 Å². The number of carbonyl (C=O) groups excluding carboxylic acids is 2. The standard InChI is InChI=1S/C28H23N3O7/c1-27-21(32)12-28(38-27,8-10-35-16-5-7-19-20(11-16)37-14-36-19)23-22(27)25(33)31(26(23)34)18-6-4-15(13-29)24-17(18)3-2-9-30-24/h2-7,9,11,21-23,32H,8,10,12,14H2,1H3/t21-,22-,23+,27-,28+/m0/s1. The Hall–Kier alpha value is -4.20. The van der Waals surface area contributed by atoms with E-state index in [1.165, 1.54) is 4.90 Å². The molecule has 1 aromatic heterocycles. The molecule has 2 amide bonds. The normalized spacial score (nSPS) is 30.7. The van der Waals surface area contributed by atoms with Crippen LogP contribution in [0.2, 0.25) is 0 Å². The summed E-state index contributed by atoms with van der Waals surface area (Å²) in [5.74, 6) is -0.596. The number of aliphatic hydroxyl groups is 1. The number of anilines is 1. The lowest BCUT2D eigenvalue weighted by Crippen LogP contribution is -2.49. The Morgan fingerprint density at radius 2 is 1.97 bits per heavy atom. The van der Waals surface area contributed by atoms with Crippen LogP contribution in [0.5, 0.6) is 17.2 Å². The number of nitrogens with zero attached hydrogens (tertiary/aromatic N) is 3. The van der Waals surface area contributed by atoms with Gasteiger partial charge in [0.2, 0.25) is 18.6 Å². The zero-order chi connectivity index (χ0) is 26.2. The third-order valence-electron chi connectivity index (χ3n) is 8.36. The van der Waals surface area contributed by atoms with Gasteiger partial charge in [0.1, 0.15) is 17.4 Å². The Kier molecular flexibility index (Phi) is 4.77. The van der Waals surface area contributed by atoms with Gasteiger partial charge in [-0.25, -0.2) is 4.90 Å². The Balaban J connectivity index is 1.21. The second-order valence-electron chi connectivity index (χ2n) is 10.3. The molecule has 5 atom stereocenters. The van der Waals surface area contributed by atoms with E-state index in [1.54, 1.807) is 55.6 Å². The van der Waals surface area contributed by atoms with E-state index in [0.717, 1.165) is 0 Å². The van der Waals surface area contributed by atoms with Crippen LogP contribution in [-0.4, -0.2) is 52.6 Å². The summed E-state index contributed by atoms with van der Waals surface area (Å²) in [6.45, 7) is 2.07. The van der Waals surface area contributed by atoms with Crippen molar-refractivity contribution in [3.05, 3.63) is 54.2 Å². The van der Waals surface area contributed by atoms with Crippen LogP contribution in [-0.2, 0) is 14.3 Å². The molecule has 0 aliphatic carbocycles. The molecule has 4 aliphatic rings. The van der Waals surface area contributed by atoms with Crippen molar-refractivity contribution in [1.82, 2.24) is 4.98 Å². The van der Waals surface area contributed by atoms with Gasteiger partial charge in [0, 0.05) is 30.5 Å². The van der Waals surface area contributed by atoms with Gasteiger partial charge in [0.25, 0.3) is 0 Å². The molecule has 2 aromatic carbocycles. The number of benzene rings is 2. The number of hydrogen-bond acceptors (Lipinski definition) is 9. The summed E-state index contributed by atoms with van der Waals surface area (Å²) in [4.78, 5) is 33.3. The molecule has 3 fully saturated rings. The number of fused-ring (bicyclic) bond motifs is 7. The lowest BCUT2D eigenvalue weighted by atomic mass is 9.66. The summed E-state index contributed by atoms with van der Waals surface area (Å²) < 4.78 is 23.1. The van der Waals surface area contributed by atoms with Gasteiger partial charge < -0.3 is 24.1 Å². The maximum Gasteiger partial charge on any atom is 0.240 e. The second kappa shape index (κ2) is 7.90. The fraction of sp³-hybridized carbons (Fsp3) is 0.357. The van der Waals surface area contributed by atoms with Gasteiger partial charge in [0.15, 0.2) is 11.5 Å². The van der Waals surface area contributed by atoms with Crippen LogP contribution in [0.15, 0.2) is 48.7 Å². The van der Waals surface area contributed by atoms with Gasteiger partial charge in [-0.3, -0.25) is 14.6 Å². The number of pyridine rings is 1. The molecule has 4 aliphatic heterocycles. The summed E-state index contributed by atoms with van der Waals surface area (Å²) in [6.07, 6.45) is 1.18. The minimum atomic E-state index is -1.20. The van der Waals surface area contributed by atoms with Gasteiger partial charge in [0.05, 0.1) is 46.9 Å². The molecule has 2 bridgehead atoms. The number of nitriles is 1. The molecule has 192 valence electrons. The van der Waals surface area contributed by atoms with Crippen molar-refractivity contribution in [2.24, 2.45) is 11.8 Å². The summed E-state index contributed by atoms with van der Waals surface area (Å²) in [6, 6.07) is 14.0. The van der Waals surface area contributed by atoms with E-state index < -0.39 is 35.0 Å². The van der Waals surface area contributed by atoms with E-state index in [2.05, 4.69) is 11.1 Å². The van der Waals surface area contributed by atoms with Crippen LogP contribution in [0.25, 0.3) is 10.9 Å². The van der Waals surface area contributed by atoms with Crippen LogP contribution >= 0.6 is 0 Å². The van der Waals surface area contributed by atoms with Crippen LogP contribution in [0.4, 0.5) is 5.69 Å². The molecule has 0 saturated carbocycles. The predicted octanol–water partition coefficient (Wildman–Crippen LogP) is 2.70. The third kappa shape index (κ3) is 2.97. The molecular formula is C28H23N3O7. The highest BCUT2D eigenvalue weighted by molar-refractivity contribution is 6.26. The van der Waals surface area contributed by atoms with Crippen LogP contribution < -0.4 is 19.1 Å². The topological polar surface area (TPSA) is 131 Å². The zero-order valence-electron chi connectivity index (χ0n) is 20.4. The molecule has 0 spiro atoms. The molecule has 0 unspecified atom stereocenters. The molecule has 5 heterocycles. The first kappa shape index (κ1) is 23.0. The Labute approximate surface area is 217 Å². The molecule has 3 saturated heterocycles. The molecule has 10 heteroatoms. The second-order valence-corrected chi connectivity index (χ2v) is 10.3. The first-order valence-corrected chi connectivity index (χ1v) is 12.4. The van der Waals surface area contributed by atoms with Crippen molar-refractivity contribution in [3.63, 3.8) is 0 Å². The summed E-state index contributed by atoms with van der Waals surface area (Å²) in [5, 5.41) is 21.0. The van der Waals surface area contributed by atoms with Crippen LogP contribution in [0.1, 0.15) is 25.3 Å². The number of imide groups is 1. The quantitative estimate of drug-likeness (QED) is 0.512. The van der Waals surface area contributed by atoms with E-state index in [-0.39, 0.29) is 25.7 Å². The van der Waals surface area contributed by atoms with Crippen molar-refractivity contribution in [1.29, 1.82) is 5.26 Å². The van der Waals surface area contributed by atoms with Crippen molar-refractivity contribution < 1.29 is 33.6 Å². The maximum absolute atomic E-state index is 14.0. The number of aromatic nitrogens is 1. The molecule has 1 N–H and O–H groups in total. The van der Waals surface area contributed by atoms with E-state index >= 15 is 0 Å². The van der Waals surface area contributed by atoms with Gasteiger partial charge in [-0.15, -0.1) is 0 Å². The lowest BCUT2D eigenvalue weighted by Gasteiger charge is -2.33. The average molecular weight is 514 g/mol. The molecular weight excluding hydrogens is 490 g/mol. The van der Waals surface area contributed by atoms with Gasteiger partial charge in [-0.05, 0) is 43.3 Å². The summed E-state index contributed by atoms with van der Waals surface area (Å²) in [5.41, 5.74) is -1.11. The average Bonchev–Trinajstić information content (AvgIpc) is 3.62. The van der Waals surface area contributed by atoms with Crippen molar-refractivity contribution in [2.75, 3.05) is 18.3 Å². The highest BCUT2D eigenvalue weighted by Crippen LogP contribution is 2.62. The zero-order valence-corrected chi connectivity index (χ0v) is 20.4. The molecule has 0 radical (unpaired) electrons. The number of amides is 2. The summed E-state index contributed by atoms with van der Waals surface area (Å²) in [7, 11) is 0. The van der Waals surface area contributed by atoms with Crippen molar-refractivity contribution in [2.45, 2.75) is 37.1 Å². The minimum Gasteiger partial charge on any atom is -0.493 e. The Morgan fingerprint density at radius 1 is 1.16 bits per heavy atom. The highest BCUT2D eigenvalue weighted by Gasteiger charge is 2.77. The first-order valence-electron chi connectivity index (χ1n) is 12.4. The number of carbonyl (C=O) groups is 2. The van der Waals surface area contributed by atoms with E-state index in [4.69, 9.17) is 18.9 Å². The van der Waals surface area contributed by atoms with Crippen LogP contribution in [0, 0.1) is 23.2 Å². The number of rotatable bonds is 5. The van der Waals surface area contributed by atoms with Crippen molar-refractivity contribution >= 4 is 28.4 Å².